The Bertz CT molecular complexity index is 646. The Labute approximate surface area is 106 Å². The minimum absolute atomic E-state index is 0.137. The third-order valence-corrected chi connectivity index (χ3v) is 3.49. The van der Waals surface area contributed by atoms with Crippen molar-refractivity contribution < 1.29 is 9.53 Å². The number of hydrogen-bond donors (Lipinski definition) is 0. The molecule has 1 aliphatic carbocycles. The first-order chi connectivity index (χ1) is 8.70. The third kappa shape index (κ3) is 1.58. The minimum atomic E-state index is 0.137. The fourth-order valence-corrected chi connectivity index (χ4v) is 2.62. The molecular formula is C15H15NO2. The zero-order chi connectivity index (χ0) is 12.7. The van der Waals surface area contributed by atoms with Crippen molar-refractivity contribution in [3.63, 3.8) is 0 Å². The van der Waals surface area contributed by atoms with Crippen molar-refractivity contribution in [1.29, 1.82) is 0 Å². The number of rotatable bonds is 1. The van der Waals surface area contributed by atoms with Gasteiger partial charge < -0.3 is 4.74 Å². The van der Waals surface area contributed by atoms with Crippen LogP contribution in [0.2, 0.25) is 0 Å². The van der Waals surface area contributed by atoms with E-state index in [0.717, 1.165) is 40.6 Å². The van der Waals surface area contributed by atoms with E-state index in [9.17, 15) is 4.79 Å². The SMILES string of the molecule is COc1c2c(nc3cc(C)ccc13)C(=O)CCC2. The van der Waals surface area contributed by atoms with Crippen LogP contribution in [0, 0.1) is 6.92 Å². The first kappa shape index (κ1) is 11.2. The van der Waals surface area contributed by atoms with E-state index in [1.165, 1.54) is 0 Å². The number of hydrogen-bond acceptors (Lipinski definition) is 3. The first-order valence-corrected chi connectivity index (χ1v) is 6.21. The number of carbonyl (C=O) groups is 1. The van der Waals surface area contributed by atoms with Gasteiger partial charge in [-0.05, 0) is 37.5 Å². The summed E-state index contributed by atoms with van der Waals surface area (Å²) in [5.74, 6) is 0.959. The molecule has 18 heavy (non-hydrogen) atoms. The molecular weight excluding hydrogens is 226 g/mol. The van der Waals surface area contributed by atoms with Crippen LogP contribution < -0.4 is 4.74 Å². The van der Waals surface area contributed by atoms with Gasteiger partial charge in [0.15, 0.2) is 5.78 Å². The highest BCUT2D eigenvalue weighted by molar-refractivity contribution is 6.01. The molecule has 0 radical (unpaired) electrons. The van der Waals surface area contributed by atoms with Gasteiger partial charge in [-0.15, -0.1) is 0 Å². The lowest BCUT2D eigenvalue weighted by molar-refractivity contribution is 0.0967. The molecule has 1 aliphatic rings. The Morgan fingerprint density at radius 1 is 1.28 bits per heavy atom. The largest absolute Gasteiger partial charge is 0.496 e. The van der Waals surface area contributed by atoms with Crippen molar-refractivity contribution >= 4 is 16.7 Å². The Hall–Kier alpha value is -1.90. The third-order valence-electron chi connectivity index (χ3n) is 3.49. The molecule has 0 saturated heterocycles. The summed E-state index contributed by atoms with van der Waals surface area (Å²) in [5, 5.41) is 0.997. The van der Waals surface area contributed by atoms with Gasteiger partial charge in [-0.2, -0.15) is 0 Å². The Morgan fingerprint density at radius 2 is 2.11 bits per heavy atom. The zero-order valence-corrected chi connectivity index (χ0v) is 10.6. The molecule has 1 aromatic carbocycles. The predicted molar refractivity (Wildman–Crippen MR) is 70.3 cm³/mol. The Morgan fingerprint density at radius 3 is 2.89 bits per heavy atom. The maximum absolute atomic E-state index is 12.0. The number of ketones is 1. The Kier molecular flexibility index (Phi) is 2.54. The fraction of sp³-hybridized carbons (Fsp3) is 0.333. The van der Waals surface area contributed by atoms with Crippen LogP contribution in [-0.4, -0.2) is 17.9 Å². The van der Waals surface area contributed by atoms with Crippen LogP contribution in [-0.2, 0) is 6.42 Å². The lowest BCUT2D eigenvalue weighted by atomic mass is 9.92. The number of carbonyl (C=O) groups excluding carboxylic acids is 1. The number of nitrogens with zero attached hydrogens (tertiary/aromatic N) is 1. The van der Waals surface area contributed by atoms with Gasteiger partial charge in [0.2, 0.25) is 0 Å². The van der Waals surface area contributed by atoms with E-state index in [1.807, 2.05) is 25.1 Å². The lowest BCUT2D eigenvalue weighted by Gasteiger charge is -2.18. The van der Waals surface area contributed by atoms with Gasteiger partial charge in [0.05, 0.1) is 12.6 Å². The van der Waals surface area contributed by atoms with E-state index >= 15 is 0 Å². The summed E-state index contributed by atoms with van der Waals surface area (Å²) >= 11 is 0. The number of aromatic nitrogens is 1. The molecule has 0 N–H and O–H groups in total. The minimum Gasteiger partial charge on any atom is -0.496 e. The number of benzene rings is 1. The average molecular weight is 241 g/mol. The van der Waals surface area contributed by atoms with Crippen molar-refractivity contribution in [1.82, 2.24) is 4.98 Å². The summed E-state index contributed by atoms with van der Waals surface area (Å²) in [6.45, 7) is 2.02. The molecule has 0 saturated carbocycles. The summed E-state index contributed by atoms with van der Waals surface area (Å²) in [7, 11) is 1.66. The predicted octanol–water partition coefficient (Wildman–Crippen LogP) is 3.07. The molecule has 0 bridgehead atoms. The maximum atomic E-state index is 12.0. The Balaban J connectivity index is 2.39. The summed E-state index contributed by atoms with van der Waals surface area (Å²) in [5.41, 5.74) is 3.57. The molecule has 0 fully saturated rings. The van der Waals surface area contributed by atoms with E-state index < -0.39 is 0 Å². The van der Waals surface area contributed by atoms with Crippen LogP contribution in [0.25, 0.3) is 10.9 Å². The topological polar surface area (TPSA) is 39.2 Å². The molecule has 3 nitrogen and oxygen atoms in total. The summed E-state index contributed by atoms with van der Waals surface area (Å²) in [6, 6.07) is 6.07. The molecule has 0 amide bonds. The van der Waals surface area contributed by atoms with Crippen LogP contribution in [0.5, 0.6) is 5.75 Å². The van der Waals surface area contributed by atoms with E-state index in [0.29, 0.717) is 12.1 Å². The molecule has 0 atom stereocenters. The highest BCUT2D eigenvalue weighted by Gasteiger charge is 2.24. The van der Waals surface area contributed by atoms with E-state index in [1.54, 1.807) is 7.11 Å². The van der Waals surface area contributed by atoms with Gasteiger partial charge in [-0.3, -0.25) is 4.79 Å². The number of Topliss-reactive ketones (excluding diaryl/α,β-unsaturated/α-hetero) is 1. The molecule has 3 rings (SSSR count). The number of aryl methyl sites for hydroxylation is 1. The lowest BCUT2D eigenvalue weighted by Crippen LogP contribution is -2.14. The van der Waals surface area contributed by atoms with Gasteiger partial charge >= 0.3 is 0 Å². The van der Waals surface area contributed by atoms with Crippen molar-refractivity contribution in [3.05, 3.63) is 35.0 Å². The molecule has 1 heterocycles. The van der Waals surface area contributed by atoms with Gasteiger partial charge in [0.25, 0.3) is 0 Å². The highest BCUT2D eigenvalue weighted by atomic mass is 16.5. The fourth-order valence-electron chi connectivity index (χ4n) is 2.62. The molecule has 2 aromatic rings. The zero-order valence-electron chi connectivity index (χ0n) is 10.6. The number of fused-ring (bicyclic) bond motifs is 2. The highest BCUT2D eigenvalue weighted by Crippen LogP contribution is 2.35. The van der Waals surface area contributed by atoms with Crippen LogP contribution in [0.4, 0.5) is 0 Å². The molecule has 0 aliphatic heterocycles. The van der Waals surface area contributed by atoms with Crippen LogP contribution in [0.15, 0.2) is 18.2 Å². The van der Waals surface area contributed by atoms with Crippen molar-refractivity contribution in [2.45, 2.75) is 26.2 Å². The molecule has 0 unspecified atom stereocenters. The number of methoxy groups -OCH3 is 1. The van der Waals surface area contributed by atoms with E-state index in [4.69, 9.17) is 4.74 Å². The standard InChI is InChI=1S/C15H15NO2/c1-9-6-7-10-12(8-9)16-14-11(15(10)18-2)4-3-5-13(14)17/h6-8H,3-5H2,1-2H3. The molecule has 92 valence electrons. The first-order valence-electron chi connectivity index (χ1n) is 6.21. The van der Waals surface area contributed by atoms with Gasteiger partial charge in [0.1, 0.15) is 11.4 Å². The average Bonchev–Trinajstić information content (AvgIpc) is 2.37. The summed E-state index contributed by atoms with van der Waals surface area (Å²) < 4.78 is 5.52. The monoisotopic (exact) mass is 241 g/mol. The van der Waals surface area contributed by atoms with Crippen LogP contribution in [0.1, 0.15) is 34.5 Å². The normalized spacial score (nSPS) is 14.7. The summed E-state index contributed by atoms with van der Waals surface area (Å²) in [4.78, 5) is 16.5. The van der Waals surface area contributed by atoms with Crippen molar-refractivity contribution in [3.8, 4) is 5.75 Å². The van der Waals surface area contributed by atoms with Crippen LogP contribution in [0.3, 0.4) is 0 Å². The smallest absolute Gasteiger partial charge is 0.181 e. The van der Waals surface area contributed by atoms with Crippen LogP contribution >= 0.6 is 0 Å². The molecule has 1 aromatic heterocycles. The second-order valence-corrected chi connectivity index (χ2v) is 4.77. The second kappa shape index (κ2) is 4.09. The number of pyridine rings is 1. The van der Waals surface area contributed by atoms with Gasteiger partial charge in [-0.1, -0.05) is 6.07 Å². The van der Waals surface area contributed by atoms with Crippen molar-refractivity contribution in [2.75, 3.05) is 7.11 Å². The number of ether oxygens (including phenoxy) is 1. The van der Waals surface area contributed by atoms with E-state index in [-0.39, 0.29) is 5.78 Å². The van der Waals surface area contributed by atoms with Gasteiger partial charge in [-0.25, -0.2) is 4.98 Å². The van der Waals surface area contributed by atoms with E-state index in [2.05, 4.69) is 4.98 Å². The second-order valence-electron chi connectivity index (χ2n) is 4.77. The van der Waals surface area contributed by atoms with Crippen molar-refractivity contribution in [2.24, 2.45) is 0 Å². The molecule has 0 spiro atoms. The molecule has 3 heteroatoms. The summed E-state index contributed by atoms with van der Waals surface area (Å²) in [6.07, 6.45) is 2.36. The maximum Gasteiger partial charge on any atom is 0.181 e. The quantitative estimate of drug-likeness (QED) is 0.770. The van der Waals surface area contributed by atoms with Gasteiger partial charge in [0, 0.05) is 17.4 Å².